The number of likely N-dealkylation sites (tertiary alicyclic amines) is 1. The number of aryl methyl sites for hydroxylation is 2. The SMILES string of the molecule is Cc1ccc(-c2nnc(CCC(=O)N3CCC[C@@H]3c3nccs3)o2)s1. The maximum atomic E-state index is 12.6. The Hall–Kier alpha value is -2.06. The fourth-order valence-electron chi connectivity index (χ4n) is 3.08. The normalized spacial score (nSPS) is 17.3. The van der Waals surface area contributed by atoms with Gasteiger partial charge >= 0.3 is 0 Å². The first-order valence-electron chi connectivity index (χ1n) is 8.29. The van der Waals surface area contributed by atoms with Gasteiger partial charge in [-0.2, -0.15) is 0 Å². The molecule has 1 fully saturated rings. The second-order valence-corrected chi connectivity index (χ2v) is 8.24. The van der Waals surface area contributed by atoms with Gasteiger partial charge in [0.2, 0.25) is 11.8 Å². The van der Waals surface area contributed by atoms with E-state index in [1.807, 2.05) is 29.3 Å². The summed E-state index contributed by atoms with van der Waals surface area (Å²) in [5.41, 5.74) is 0. The third kappa shape index (κ3) is 3.50. The van der Waals surface area contributed by atoms with Gasteiger partial charge < -0.3 is 9.32 Å². The Kier molecular flexibility index (Phi) is 4.63. The molecule has 0 bridgehead atoms. The largest absolute Gasteiger partial charge is 0.420 e. The number of hydrogen-bond donors (Lipinski definition) is 0. The van der Waals surface area contributed by atoms with Gasteiger partial charge in [0.25, 0.3) is 5.89 Å². The number of hydrogen-bond acceptors (Lipinski definition) is 7. The summed E-state index contributed by atoms with van der Waals surface area (Å²) < 4.78 is 5.70. The number of thiazole rings is 1. The number of carbonyl (C=O) groups is 1. The maximum absolute atomic E-state index is 12.6. The van der Waals surface area contributed by atoms with E-state index < -0.39 is 0 Å². The highest BCUT2D eigenvalue weighted by molar-refractivity contribution is 7.15. The summed E-state index contributed by atoms with van der Waals surface area (Å²) in [7, 11) is 0. The van der Waals surface area contributed by atoms with Gasteiger partial charge in [-0.25, -0.2) is 4.98 Å². The van der Waals surface area contributed by atoms with Crippen molar-refractivity contribution in [3.05, 3.63) is 39.5 Å². The van der Waals surface area contributed by atoms with Crippen LogP contribution in [0.3, 0.4) is 0 Å². The minimum absolute atomic E-state index is 0.125. The lowest BCUT2D eigenvalue weighted by Crippen LogP contribution is -2.30. The summed E-state index contributed by atoms with van der Waals surface area (Å²) in [6, 6.07) is 4.13. The Morgan fingerprint density at radius 1 is 1.40 bits per heavy atom. The Morgan fingerprint density at radius 3 is 3.08 bits per heavy atom. The van der Waals surface area contributed by atoms with Crippen LogP contribution in [-0.2, 0) is 11.2 Å². The van der Waals surface area contributed by atoms with Crippen molar-refractivity contribution in [3.8, 4) is 10.8 Å². The van der Waals surface area contributed by atoms with Crippen molar-refractivity contribution in [2.24, 2.45) is 0 Å². The Balaban J connectivity index is 1.38. The van der Waals surface area contributed by atoms with E-state index in [0.717, 1.165) is 29.3 Å². The molecule has 0 aromatic carbocycles. The lowest BCUT2D eigenvalue weighted by molar-refractivity contribution is -0.132. The van der Waals surface area contributed by atoms with Crippen LogP contribution in [0.1, 0.15) is 41.1 Å². The van der Waals surface area contributed by atoms with Gasteiger partial charge in [0.05, 0.1) is 10.9 Å². The first kappa shape index (κ1) is 16.4. The average Bonchev–Trinajstić information content (AvgIpc) is 3.38. The number of thiophene rings is 1. The van der Waals surface area contributed by atoms with Gasteiger partial charge in [-0.1, -0.05) is 0 Å². The van der Waals surface area contributed by atoms with Gasteiger partial charge in [-0.3, -0.25) is 4.79 Å². The summed E-state index contributed by atoms with van der Waals surface area (Å²) in [6.45, 7) is 2.84. The Bertz CT molecular complexity index is 856. The van der Waals surface area contributed by atoms with E-state index in [-0.39, 0.29) is 11.9 Å². The molecule has 1 saturated heterocycles. The molecule has 3 aromatic heterocycles. The molecular weight excluding hydrogens is 356 g/mol. The molecule has 0 saturated carbocycles. The quantitative estimate of drug-likeness (QED) is 0.678. The van der Waals surface area contributed by atoms with Crippen LogP contribution in [0.2, 0.25) is 0 Å². The van der Waals surface area contributed by atoms with Crippen molar-refractivity contribution in [3.63, 3.8) is 0 Å². The molecule has 0 spiro atoms. The molecule has 130 valence electrons. The molecule has 1 amide bonds. The summed E-state index contributed by atoms with van der Waals surface area (Å²) in [4.78, 5) is 21.1. The van der Waals surface area contributed by atoms with E-state index in [1.165, 1.54) is 4.88 Å². The Labute approximate surface area is 153 Å². The smallest absolute Gasteiger partial charge is 0.257 e. The van der Waals surface area contributed by atoms with Crippen molar-refractivity contribution in [2.45, 2.75) is 38.6 Å². The molecule has 4 rings (SSSR count). The molecule has 4 heterocycles. The number of nitrogens with zero attached hydrogens (tertiary/aromatic N) is 4. The summed E-state index contributed by atoms with van der Waals surface area (Å²) >= 11 is 3.23. The zero-order valence-corrected chi connectivity index (χ0v) is 15.5. The number of aromatic nitrogens is 3. The van der Waals surface area contributed by atoms with Crippen LogP contribution in [0.15, 0.2) is 28.1 Å². The molecule has 0 radical (unpaired) electrons. The van der Waals surface area contributed by atoms with Crippen LogP contribution in [0, 0.1) is 6.92 Å². The third-order valence-corrected chi connectivity index (χ3v) is 6.15. The fourth-order valence-corrected chi connectivity index (χ4v) is 4.66. The summed E-state index contributed by atoms with van der Waals surface area (Å²) in [5.74, 6) is 1.17. The molecule has 6 nitrogen and oxygen atoms in total. The van der Waals surface area contributed by atoms with Gasteiger partial charge in [0.15, 0.2) is 0 Å². The van der Waals surface area contributed by atoms with Crippen LogP contribution in [-0.4, -0.2) is 32.5 Å². The second kappa shape index (κ2) is 7.05. The minimum atomic E-state index is 0.125. The van der Waals surface area contributed by atoms with E-state index in [1.54, 1.807) is 28.9 Å². The lowest BCUT2D eigenvalue weighted by atomic mass is 10.2. The predicted octanol–water partition coefficient (Wildman–Crippen LogP) is 3.86. The average molecular weight is 374 g/mol. The Morgan fingerprint density at radius 2 is 2.32 bits per heavy atom. The minimum Gasteiger partial charge on any atom is -0.420 e. The molecule has 3 aromatic rings. The first-order valence-corrected chi connectivity index (χ1v) is 9.98. The predicted molar refractivity (Wildman–Crippen MR) is 96.5 cm³/mol. The van der Waals surface area contributed by atoms with Crippen LogP contribution in [0.25, 0.3) is 10.8 Å². The van der Waals surface area contributed by atoms with E-state index in [2.05, 4.69) is 15.2 Å². The van der Waals surface area contributed by atoms with E-state index in [9.17, 15) is 4.79 Å². The maximum Gasteiger partial charge on any atom is 0.257 e. The zero-order chi connectivity index (χ0) is 17.2. The van der Waals surface area contributed by atoms with E-state index in [0.29, 0.717) is 24.6 Å². The molecule has 0 N–H and O–H groups in total. The van der Waals surface area contributed by atoms with Crippen LogP contribution >= 0.6 is 22.7 Å². The molecular formula is C17H18N4O2S2. The zero-order valence-electron chi connectivity index (χ0n) is 13.8. The van der Waals surface area contributed by atoms with Crippen LogP contribution < -0.4 is 0 Å². The highest BCUT2D eigenvalue weighted by Crippen LogP contribution is 2.33. The van der Waals surface area contributed by atoms with Gasteiger partial charge in [-0.05, 0) is 31.9 Å². The molecule has 1 atom stereocenters. The highest BCUT2D eigenvalue weighted by Gasteiger charge is 2.31. The lowest BCUT2D eigenvalue weighted by Gasteiger charge is -2.22. The molecule has 0 aliphatic carbocycles. The van der Waals surface area contributed by atoms with Crippen LogP contribution in [0.5, 0.6) is 0 Å². The summed E-state index contributed by atoms with van der Waals surface area (Å²) in [6.07, 6.45) is 4.66. The van der Waals surface area contributed by atoms with Crippen molar-refractivity contribution >= 4 is 28.6 Å². The molecule has 8 heteroatoms. The highest BCUT2D eigenvalue weighted by atomic mass is 32.1. The van der Waals surface area contributed by atoms with Crippen molar-refractivity contribution < 1.29 is 9.21 Å². The number of rotatable bonds is 5. The van der Waals surface area contributed by atoms with Crippen molar-refractivity contribution in [2.75, 3.05) is 6.54 Å². The van der Waals surface area contributed by atoms with Gasteiger partial charge in [-0.15, -0.1) is 32.9 Å². The number of carbonyl (C=O) groups excluding carboxylic acids is 1. The molecule has 1 aliphatic heterocycles. The second-order valence-electron chi connectivity index (χ2n) is 6.03. The standard InChI is InChI=1S/C17H18N4O2S2/c1-11-4-5-13(25-11)16-20-19-14(23-16)6-7-15(22)21-9-2-3-12(21)17-18-8-10-24-17/h4-5,8,10,12H,2-3,6-7,9H2,1H3/t12-/m1/s1. The fraction of sp³-hybridized carbons (Fsp3) is 0.412. The van der Waals surface area contributed by atoms with Gasteiger partial charge in [0.1, 0.15) is 5.01 Å². The number of amides is 1. The van der Waals surface area contributed by atoms with Crippen molar-refractivity contribution in [1.29, 1.82) is 0 Å². The topological polar surface area (TPSA) is 72.1 Å². The first-order chi connectivity index (χ1) is 12.2. The van der Waals surface area contributed by atoms with E-state index in [4.69, 9.17) is 4.42 Å². The van der Waals surface area contributed by atoms with E-state index >= 15 is 0 Å². The third-order valence-electron chi connectivity index (χ3n) is 4.28. The molecule has 25 heavy (non-hydrogen) atoms. The van der Waals surface area contributed by atoms with Crippen LogP contribution in [0.4, 0.5) is 0 Å². The molecule has 1 aliphatic rings. The summed E-state index contributed by atoms with van der Waals surface area (Å²) in [5, 5.41) is 11.2. The monoisotopic (exact) mass is 374 g/mol. The van der Waals surface area contributed by atoms with Crippen molar-refractivity contribution in [1.82, 2.24) is 20.1 Å². The van der Waals surface area contributed by atoms with Gasteiger partial charge in [0, 0.05) is 35.8 Å². The molecule has 0 unspecified atom stereocenters.